The summed E-state index contributed by atoms with van der Waals surface area (Å²) in [5.74, 6) is -0.449. The molecule has 6 nitrogen and oxygen atoms in total. The SMILES string of the molecule is Cc1cn[nH]c1C1CCCN(S(=O)(=O)c2ccc(OC(F)(F)F)cc2)C1. The highest BCUT2D eigenvalue weighted by molar-refractivity contribution is 7.89. The third kappa shape index (κ3) is 4.01. The maximum Gasteiger partial charge on any atom is 0.573 e. The number of benzene rings is 1. The monoisotopic (exact) mass is 389 g/mol. The van der Waals surface area contributed by atoms with E-state index < -0.39 is 22.1 Å². The number of piperidine rings is 1. The molecule has 1 aromatic carbocycles. The van der Waals surface area contributed by atoms with Crippen molar-refractivity contribution in [1.29, 1.82) is 0 Å². The van der Waals surface area contributed by atoms with Crippen LogP contribution in [0.25, 0.3) is 0 Å². The van der Waals surface area contributed by atoms with E-state index in [1.54, 1.807) is 6.20 Å². The summed E-state index contributed by atoms with van der Waals surface area (Å²) in [5, 5.41) is 6.90. The molecule has 2 aromatic rings. The Bertz CT molecular complexity index is 863. The second kappa shape index (κ2) is 6.92. The highest BCUT2D eigenvalue weighted by Gasteiger charge is 2.33. The summed E-state index contributed by atoms with van der Waals surface area (Å²) in [4.78, 5) is -0.0611. The van der Waals surface area contributed by atoms with Crippen LogP contribution < -0.4 is 4.74 Å². The molecular weight excluding hydrogens is 371 g/mol. The van der Waals surface area contributed by atoms with Gasteiger partial charge < -0.3 is 4.74 Å². The van der Waals surface area contributed by atoms with Crippen LogP contribution in [-0.4, -0.2) is 42.4 Å². The minimum Gasteiger partial charge on any atom is -0.406 e. The second-order valence-electron chi connectivity index (χ2n) is 6.19. The first-order valence-corrected chi connectivity index (χ1v) is 9.46. The molecule has 142 valence electrons. The normalized spacial score (nSPS) is 19.5. The van der Waals surface area contributed by atoms with Gasteiger partial charge in [0, 0.05) is 24.7 Å². The second-order valence-corrected chi connectivity index (χ2v) is 8.13. The van der Waals surface area contributed by atoms with Crippen LogP contribution >= 0.6 is 0 Å². The number of ether oxygens (including phenoxy) is 1. The van der Waals surface area contributed by atoms with Crippen LogP contribution in [0, 0.1) is 6.92 Å². The van der Waals surface area contributed by atoms with Gasteiger partial charge >= 0.3 is 6.36 Å². The zero-order chi connectivity index (χ0) is 18.9. The van der Waals surface area contributed by atoms with Crippen LogP contribution in [0.2, 0.25) is 0 Å². The zero-order valence-corrected chi connectivity index (χ0v) is 14.8. The molecule has 0 saturated carbocycles. The Labute approximate surface area is 149 Å². The molecule has 26 heavy (non-hydrogen) atoms. The third-order valence-corrected chi connectivity index (χ3v) is 6.23. The van der Waals surface area contributed by atoms with Crippen molar-refractivity contribution in [2.45, 2.75) is 36.9 Å². The quantitative estimate of drug-likeness (QED) is 0.872. The lowest BCUT2D eigenvalue weighted by Gasteiger charge is -2.31. The van der Waals surface area contributed by atoms with E-state index in [1.165, 1.54) is 4.31 Å². The van der Waals surface area contributed by atoms with Crippen molar-refractivity contribution in [3.05, 3.63) is 41.7 Å². The Morgan fingerprint density at radius 1 is 1.27 bits per heavy atom. The number of nitrogens with zero attached hydrogens (tertiary/aromatic N) is 2. The van der Waals surface area contributed by atoms with Crippen LogP contribution in [0.4, 0.5) is 13.2 Å². The maximum atomic E-state index is 12.8. The van der Waals surface area contributed by atoms with Crippen molar-refractivity contribution in [2.75, 3.05) is 13.1 Å². The van der Waals surface area contributed by atoms with E-state index >= 15 is 0 Å². The van der Waals surface area contributed by atoms with Crippen molar-refractivity contribution in [3.63, 3.8) is 0 Å². The molecular formula is C16H18F3N3O3S. The van der Waals surface area contributed by atoms with E-state index in [-0.39, 0.29) is 10.8 Å². The van der Waals surface area contributed by atoms with E-state index in [4.69, 9.17) is 0 Å². The van der Waals surface area contributed by atoms with Gasteiger partial charge in [-0.05, 0) is 49.6 Å². The third-order valence-electron chi connectivity index (χ3n) is 4.36. The number of hydrogen-bond acceptors (Lipinski definition) is 4. The zero-order valence-electron chi connectivity index (χ0n) is 14.0. The minimum absolute atomic E-state index is 0.00820. The maximum absolute atomic E-state index is 12.8. The molecule has 3 rings (SSSR count). The Morgan fingerprint density at radius 2 is 1.96 bits per heavy atom. The van der Waals surface area contributed by atoms with E-state index in [1.807, 2.05) is 6.92 Å². The lowest BCUT2D eigenvalue weighted by atomic mass is 9.94. The van der Waals surface area contributed by atoms with Gasteiger partial charge in [0.25, 0.3) is 0 Å². The smallest absolute Gasteiger partial charge is 0.406 e. The standard InChI is InChI=1S/C16H18F3N3O3S/c1-11-9-20-21-15(11)12-3-2-8-22(10-12)26(23,24)14-6-4-13(5-7-14)25-16(17,18)19/h4-7,9,12H,2-3,8,10H2,1H3,(H,20,21). The lowest BCUT2D eigenvalue weighted by molar-refractivity contribution is -0.274. The van der Waals surface area contributed by atoms with Gasteiger partial charge in [-0.2, -0.15) is 9.40 Å². The van der Waals surface area contributed by atoms with E-state index in [9.17, 15) is 21.6 Å². The number of H-pyrrole nitrogens is 1. The molecule has 1 fully saturated rings. The van der Waals surface area contributed by atoms with Gasteiger partial charge in [-0.25, -0.2) is 8.42 Å². The predicted molar refractivity (Wildman–Crippen MR) is 87.2 cm³/mol. The van der Waals surface area contributed by atoms with Crippen LogP contribution in [0.5, 0.6) is 5.75 Å². The Balaban J connectivity index is 1.78. The number of rotatable bonds is 4. The Morgan fingerprint density at radius 3 is 2.54 bits per heavy atom. The Kier molecular flexibility index (Phi) is 4.98. The molecule has 0 amide bonds. The molecule has 0 radical (unpaired) electrons. The number of alkyl halides is 3. The van der Waals surface area contributed by atoms with Crippen molar-refractivity contribution in [2.24, 2.45) is 0 Å². The van der Waals surface area contributed by atoms with Gasteiger partial charge in [-0.15, -0.1) is 13.2 Å². The highest BCUT2D eigenvalue weighted by Crippen LogP contribution is 2.31. The average molecular weight is 389 g/mol. The van der Waals surface area contributed by atoms with Crippen LogP contribution in [0.3, 0.4) is 0 Å². The molecule has 0 bridgehead atoms. The Hall–Kier alpha value is -2.07. The molecule has 0 spiro atoms. The lowest BCUT2D eigenvalue weighted by Crippen LogP contribution is -2.39. The number of aromatic nitrogens is 2. The first-order chi connectivity index (χ1) is 12.2. The van der Waals surface area contributed by atoms with Gasteiger partial charge in [-0.1, -0.05) is 0 Å². The highest BCUT2D eigenvalue weighted by atomic mass is 32.2. The minimum atomic E-state index is -4.82. The average Bonchev–Trinajstić information content (AvgIpc) is 3.00. The van der Waals surface area contributed by atoms with Crippen LogP contribution in [0.15, 0.2) is 35.4 Å². The molecule has 1 atom stereocenters. The van der Waals surface area contributed by atoms with Gasteiger partial charge in [-0.3, -0.25) is 5.10 Å². The predicted octanol–water partition coefficient (Wildman–Crippen LogP) is 3.19. The topological polar surface area (TPSA) is 75.3 Å². The number of nitrogens with one attached hydrogen (secondary N) is 1. The summed E-state index contributed by atoms with van der Waals surface area (Å²) >= 11 is 0. The molecule has 1 saturated heterocycles. The molecule has 2 heterocycles. The molecule has 1 unspecified atom stereocenters. The fourth-order valence-corrected chi connectivity index (χ4v) is 4.65. The van der Waals surface area contributed by atoms with Crippen molar-refractivity contribution >= 4 is 10.0 Å². The van der Waals surface area contributed by atoms with Crippen molar-refractivity contribution in [1.82, 2.24) is 14.5 Å². The summed E-state index contributed by atoms with van der Waals surface area (Å²) in [7, 11) is -3.80. The molecule has 10 heteroatoms. The molecule has 0 aliphatic carbocycles. The van der Waals surface area contributed by atoms with Crippen molar-refractivity contribution < 1.29 is 26.3 Å². The van der Waals surface area contributed by atoms with Crippen LogP contribution in [0.1, 0.15) is 30.0 Å². The van der Waals surface area contributed by atoms with E-state index in [2.05, 4.69) is 14.9 Å². The summed E-state index contributed by atoms with van der Waals surface area (Å²) in [6, 6.07) is 4.25. The van der Waals surface area contributed by atoms with Gasteiger partial charge in [0.2, 0.25) is 10.0 Å². The number of aryl methyl sites for hydroxylation is 1. The molecule has 1 N–H and O–H groups in total. The first kappa shape index (κ1) is 18.7. The number of aromatic amines is 1. The summed E-state index contributed by atoms with van der Waals surface area (Å²) < 4.78 is 67.4. The van der Waals surface area contributed by atoms with Gasteiger partial charge in [0.1, 0.15) is 5.75 Å². The van der Waals surface area contributed by atoms with E-state index in [0.29, 0.717) is 19.5 Å². The number of halogens is 3. The largest absolute Gasteiger partial charge is 0.573 e. The molecule has 1 aliphatic rings. The van der Waals surface area contributed by atoms with Crippen LogP contribution in [-0.2, 0) is 10.0 Å². The summed E-state index contributed by atoms with van der Waals surface area (Å²) in [6.45, 7) is 2.57. The van der Waals surface area contributed by atoms with Crippen molar-refractivity contribution in [3.8, 4) is 5.75 Å². The fourth-order valence-electron chi connectivity index (χ4n) is 3.13. The first-order valence-electron chi connectivity index (χ1n) is 8.02. The summed E-state index contributed by atoms with van der Waals surface area (Å²) in [5.41, 5.74) is 1.89. The van der Waals surface area contributed by atoms with Gasteiger partial charge in [0.15, 0.2) is 0 Å². The van der Waals surface area contributed by atoms with E-state index in [0.717, 1.165) is 41.9 Å². The number of sulfonamides is 1. The molecule has 1 aromatic heterocycles. The fraction of sp³-hybridized carbons (Fsp3) is 0.438. The number of hydrogen-bond donors (Lipinski definition) is 1. The van der Waals surface area contributed by atoms with Gasteiger partial charge in [0.05, 0.1) is 11.1 Å². The summed E-state index contributed by atoms with van der Waals surface area (Å²) in [6.07, 6.45) is -1.59. The molecule has 1 aliphatic heterocycles.